The van der Waals surface area contributed by atoms with Crippen molar-refractivity contribution >= 4 is 17.6 Å². The molecule has 1 aromatic heterocycles. The second kappa shape index (κ2) is 4.82. The number of aromatic nitrogens is 1. The number of carboxylic acid groups (broad SMARTS) is 1. The monoisotopic (exact) mass is 235 g/mol. The molecule has 1 aliphatic heterocycles. The van der Waals surface area contributed by atoms with Crippen LogP contribution in [0.4, 0.5) is 5.69 Å². The Morgan fingerprint density at radius 2 is 2.29 bits per heavy atom. The van der Waals surface area contributed by atoms with E-state index >= 15 is 0 Å². The summed E-state index contributed by atoms with van der Waals surface area (Å²) in [6.07, 6.45) is 3.35. The topological polar surface area (TPSA) is 82.5 Å². The minimum absolute atomic E-state index is 0.00624. The Labute approximate surface area is 98.3 Å². The van der Waals surface area contributed by atoms with E-state index in [1.54, 1.807) is 0 Å². The summed E-state index contributed by atoms with van der Waals surface area (Å²) in [5, 5.41) is 11.8. The standard InChI is InChI=1S/C11H13N3O3/c15-10-2-5-14(6-4-13-10)9-7-12-3-1-8(9)11(16)17/h1,3,7H,2,4-6H2,(H,13,15)(H,16,17). The van der Waals surface area contributed by atoms with Crippen molar-refractivity contribution in [2.75, 3.05) is 24.5 Å². The number of amides is 1. The van der Waals surface area contributed by atoms with E-state index in [0.717, 1.165) is 0 Å². The van der Waals surface area contributed by atoms with Crippen molar-refractivity contribution < 1.29 is 14.7 Å². The summed E-state index contributed by atoms with van der Waals surface area (Å²) in [6.45, 7) is 1.63. The third-order valence-electron chi connectivity index (χ3n) is 2.68. The molecule has 0 saturated carbocycles. The van der Waals surface area contributed by atoms with Crippen LogP contribution < -0.4 is 10.2 Å². The second-order valence-electron chi connectivity index (χ2n) is 3.78. The highest BCUT2D eigenvalue weighted by Gasteiger charge is 2.19. The van der Waals surface area contributed by atoms with Crippen LogP contribution >= 0.6 is 0 Å². The van der Waals surface area contributed by atoms with Crippen molar-refractivity contribution in [3.05, 3.63) is 24.0 Å². The summed E-state index contributed by atoms with van der Waals surface area (Å²) in [5.74, 6) is -0.987. The van der Waals surface area contributed by atoms with Crippen LogP contribution in [0.25, 0.3) is 0 Å². The molecule has 0 unspecified atom stereocenters. The molecule has 6 heteroatoms. The van der Waals surface area contributed by atoms with E-state index in [-0.39, 0.29) is 11.5 Å². The molecule has 1 aliphatic rings. The van der Waals surface area contributed by atoms with Crippen molar-refractivity contribution in [1.29, 1.82) is 0 Å². The molecule has 1 amide bonds. The molecule has 90 valence electrons. The first-order valence-electron chi connectivity index (χ1n) is 5.37. The molecule has 1 fully saturated rings. The quantitative estimate of drug-likeness (QED) is 0.760. The Kier molecular flexibility index (Phi) is 3.22. The fourth-order valence-corrected chi connectivity index (χ4v) is 1.83. The third kappa shape index (κ3) is 2.52. The molecule has 2 rings (SSSR count). The van der Waals surface area contributed by atoms with E-state index in [4.69, 9.17) is 5.11 Å². The largest absolute Gasteiger partial charge is 0.478 e. The molecule has 0 spiro atoms. The van der Waals surface area contributed by atoms with Crippen molar-refractivity contribution in [3.8, 4) is 0 Å². The summed E-state index contributed by atoms with van der Waals surface area (Å²) in [5.41, 5.74) is 0.783. The Hall–Kier alpha value is -2.11. The van der Waals surface area contributed by atoms with Gasteiger partial charge < -0.3 is 15.3 Å². The zero-order valence-corrected chi connectivity index (χ0v) is 9.22. The third-order valence-corrected chi connectivity index (χ3v) is 2.68. The number of rotatable bonds is 2. The molecule has 6 nitrogen and oxygen atoms in total. The van der Waals surface area contributed by atoms with Gasteiger partial charge in [-0.05, 0) is 6.07 Å². The summed E-state index contributed by atoms with van der Waals surface area (Å²) in [4.78, 5) is 28.1. The van der Waals surface area contributed by atoms with Gasteiger partial charge in [0.25, 0.3) is 0 Å². The SMILES string of the molecule is O=C1CCN(c2cnccc2C(=O)O)CCN1. The predicted octanol–water partition coefficient (Wildman–Crippen LogP) is 0.106. The van der Waals surface area contributed by atoms with E-state index in [9.17, 15) is 9.59 Å². The summed E-state index contributed by atoms with van der Waals surface area (Å²) in [7, 11) is 0. The Bertz CT molecular complexity index is 447. The van der Waals surface area contributed by atoms with Crippen molar-refractivity contribution in [1.82, 2.24) is 10.3 Å². The van der Waals surface area contributed by atoms with Gasteiger partial charge in [0.15, 0.2) is 0 Å². The molecule has 0 radical (unpaired) electrons. The summed E-state index contributed by atoms with van der Waals surface area (Å²) in [6, 6.07) is 1.47. The van der Waals surface area contributed by atoms with Gasteiger partial charge in [0.2, 0.25) is 5.91 Å². The van der Waals surface area contributed by atoms with Crippen molar-refractivity contribution in [3.63, 3.8) is 0 Å². The number of nitrogens with zero attached hydrogens (tertiary/aromatic N) is 2. The van der Waals surface area contributed by atoms with Crippen LogP contribution in [0.2, 0.25) is 0 Å². The first-order valence-corrected chi connectivity index (χ1v) is 5.37. The lowest BCUT2D eigenvalue weighted by Crippen LogP contribution is -2.29. The molecule has 1 saturated heterocycles. The van der Waals surface area contributed by atoms with Crippen LogP contribution in [0.15, 0.2) is 18.5 Å². The van der Waals surface area contributed by atoms with Gasteiger partial charge in [0.05, 0.1) is 17.4 Å². The molecule has 0 bridgehead atoms. The fourth-order valence-electron chi connectivity index (χ4n) is 1.83. The number of aromatic carboxylic acids is 1. The Morgan fingerprint density at radius 1 is 1.47 bits per heavy atom. The number of hydrogen-bond donors (Lipinski definition) is 2. The minimum atomic E-state index is -0.981. The maximum Gasteiger partial charge on any atom is 0.337 e. The van der Waals surface area contributed by atoms with Crippen molar-refractivity contribution in [2.24, 2.45) is 0 Å². The highest BCUT2D eigenvalue weighted by molar-refractivity contribution is 5.94. The number of carbonyl (C=O) groups is 2. The van der Waals surface area contributed by atoms with Gasteiger partial charge in [0.1, 0.15) is 0 Å². The predicted molar refractivity (Wildman–Crippen MR) is 61.0 cm³/mol. The highest BCUT2D eigenvalue weighted by Crippen LogP contribution is 2.19. The number of carboxylic acids is 1. The molecule has 0 aromatic carbocycles. The lowest BCUT2D eigenvalue weighted by Gasteiger charge is -2.22. The molecule has 2 N–H and O–H groups in total. The van der Waals surface area contributed by atoms with Gasteiger partial charge in [-0.15, -0.1) is 0 Å². The first-order chi connectivity index (χ1) is 8.18. The van der Waals surface area contributed by atoms with Crippen LogP contribution in [-0.4, -0.2) is 41.6 Å². The van der Waals surface area contributed by atoms with E-state index in [1.165, 1.54) is 18.5 Å². The molecular formula is C11H13N3O3. The second-order valence-corrected chi connectivity index (χ2v) is 3.78. The zero-order valence-electron chi connectivity index (χ0n) is 9.22. The molecule has 1 aromatic rings. The van der Waals surface area contributed by atoms with E-state index < -0.39 is 5.97 Å². The number of carbonyl (C=O) groups excluding carboxylic acids is 1. The number of pyridine rings is 1. The zero-order chi connectivity index (χ0) is 12.3. The molecule has 2 heterocycles. The molecule has 0 aliphatic carbocycles. The van der Waals surface area contributed by atoms with Gasteiger partial charge in [-0.3, -0.25) is 9.78 Å². The van der Waals surface area contributed by atoms with E-state index in [0.29, 0.717) is 31.7 Å². The Morgan fingerprint density at radius 3 is 3.06 bits per heavy atom. The van der Waals surface area contributed by atoms with Crippen LogP contribution in [0.3, 0.4) is 0 Å². The van der Waals surface area contributed by atoms with Gasteiger partial charge >= 0.3 is 5.97 Å². The van der Waals surface area contributed by atoms with Crippen LogP contribution in [0, 0.1) is 0 Å². The highest BCUT2D eigenvalue weighted by atomic mass is 16.4. The minimum Gasteiger partial charge on any atom is -0.478 e. The van der Waals surface area contributed by atoms with Gasteiger partial charge in [0, 0.05) is 32.3 Å². The maximum atomic E-state index is 11.2. The van der Waals surface area contributed by atoms with Crippen LogP contribution in [-0.2, 0) is 4.79 Å². The van der Waals surface area contributed by atoms with Crippen molar-refractivity contribution in [2.45, 2.75) is 6.42 Å². The average molecular weight is 235 g/mol. The first kappa shape index (κ1) is 11.4. The average Bonchev–Trinajstić information content (AvgIpc) is 2.54. The lowest BCUT2D eigenvalue weighted by atomic mass is 10.2. The molecular weight excluding hydrogens is 222 g/mol. The summed E-state index contributed by atoms with van der Waals surface area (Å²) < 4.78 is 0. The number of anilines is 1. The van der Waals surface area contributed by atoms with Gasteiger partial charge in [-0.1, -0.05) is 0 Å². The number of nitrogens with one attached hydrogen (secondary N) is 1. The molecule has 0 atom stereocenters. The lowest BCUT2D eigenvalue weighted by molar-refractivity contribution is -0.120. The fraction of sp³-hybridized carbons (Fsp3) is 0.364. The molecule has 17 heavy (non-hydrogen) atoms. The van der Waals surface area contributed by atoms with Crippen LogP contribution in [0.1, 0.15) is 16.8 Å². The van der Waals surface area contributed by atoms with E-state index in [2.05, 4.69) is 10.3 Å². The van der Waals surface area contributed by atoms with Gasteiger partial charge in [-0.25, -0.2) is 4.79 Å². The summed E-state index contributed by atoms with van der Waals surface area (Å²) >= 11 is 0. The number of hydrogen-bond acceptors (Lipinski definition) is 4. The normalized spacial score (nSPS) is 16.2. The Balaban J connectivity index is 2.26. The van der Waals surface area contributed by atoms with Crippen LogP contribution in [0.5, 0.6) is 0 Å². The van der Waals surface area contributed by atoms with E-state index in [1.807, 2.05) is 4.90 Å². The van der Waals surface area contributed by atoms with Gasteiger partial charge in [-0.2, -0.15) is 0 Å². The smallest absolute Gasteiger partial charge is 0.337 e. The maximum absolute atomic E-state index is 11.2.